The number of ether oxygens (including phenoxy) is 2. The molecule has 0 unspecified atom stereocenters. The number of piperidine rings is 1. The van der Waals surface area contributed by atoms with E-state index in [0.717, 1.165) is 18.7 Å². The highest BCUT2D eigenvalue weighted by Gasteiger charge is 2.35. The first kappa shape index (κ1) is 19.2. The Labute approximate surface area is 143 Å². The van der Waals surface area contributed by atoms with Crippen LogP contribution in [0, 0.1) is 0 Å². The van der Waals surface area contributed by atoms with Crippen molar-refractivity contribution in [2.75, 3.05) is 40.4 Å². The Kier molecular flexibility index (Phi) is 8.31. The van der Waals surface area contributed by atoms with Crippen molar-refractivity contribution in [2.45, 2.75) is 83.1 Å². The quantitative estimate of drug-likeness (QED) is 0.576. The molecule has 1 aliphatic carbocycles. The molecule has 1 saturated carbocycles. The van der Waals surface area contributed by atoms with Crippen LogP contribution in [-0.2, 0) is 9.47 Å². The van der Waals surface area contributed by atoms with E-state index in [9.17, 15) is 0 Å². The van der Waals surface area contributed by atoms with Crippen molar-refractivity contribution in [1.29, 1.82) is 0 Å². The summed E-state index contributed by atoms with van der Waals surface area (Å²) in [5, 5.41) is 0. The van der Waals surface area contributed by atoms with Gasteiger partial charge in [-0.1, -0.05) is 0 Å². The van der Waals surface area contributed by atoms with E-state index < -0.39 is 0 Å². The number of hydrogen-bond donors (Lipinski definition) is 0. The van der Waals surface area contributed by atoms with E-state index in [-0.39, 0.29) is 0 Å². The van der Waals surface area contributed by atoms with Gasteiger partial charge in [0.1, 0.15) is 0 Å². The fraction of sp³-hybridized carbons (Fsp3) is 1.00. The van der Waals surface area contributed by atoms with Gasteiger partial charge in [-0.25, -0.2) is 0 Å². The molecular formula is C19H38N2O2. The molecule has 4 heteroatoms. The van der Waals surface area contributed by atoms with Gasteiger partial charge >= 0.3 is 0 Å². The van der Waals surface area contributed by atoms with Gasteiger partial charge in [0, 0.05) is 25.8 Å². The number of unbranched alkanes of at least 4 members (excludes halogenated alkanes) is 2. The highest BCUT2D eigenvalue weighted by Crippen LogP contribution is 2.30. The van der Waals surface area contributed by atoms with E-state index >= 15 is 0 Å². The highest BCUT2D eigenvalue weighted by molar-refractivity contribution is 4.91. The SMILES string of the molecule is COC1CC(N(C)C2CCN(CCCCCOC(C)C)CC2)C1. The third kappa shape index (κ3) is 6.33. The molecule has 0 amide bonds. The van der Waals surface area contributed by atoms with Gasteiger partial charge in [-0.15, -0.1) is 0 Å². The summed E-state index contributed by atoms with van der Waals surface area (Å²) in [6.07, 6.45) is 9.84. The topological polar surface area (TPSA) is 24.9 Å². The summed E-state index contributed by atoms with van der Waals surface area (Å²) in [6.45, 7) is 8.97. The Morgan fingerprint density at radius 2 is 1.74 bits per heavy atom. The number of hydrogen-bond acceptors (Lipinski definition) is 4. The first-order valence-electron chi connectivity index (χ1n) is 9.68. The van der Waals surface area contributed by atoms with Gasteiger partial charge in [0.25, 0.3) is 0 Å². The minimum atomic E-state index is 0.376. The normalized spacial score (nSPS) is 26.9. The molecule has 0 aromatic rings. The van der Waals surface area contributed by atoms with Crippen molar-refractivity contribution in [3.63, 3.8) is 0 Å². The second-order valence-corrected chi connectivity index (χ2v) is 7.70. The van der Waals surface area contributed by atoms with E-state index in [0.29, 0.717) is 12.2 Å². The maximum Gasteiger partial charge on any atom is 0.0601 e. The van der Waals surface area contributed by atoms with Gasteiger partial charge in [-0.2, -0.15) is 0 Å². The monoisotopic (exact) mass is 326 g/mol. The van der Waals surface area contributed by atoms with E-state index in [2.05, 4.69) is 30.7 Å². The molecule has 2 rings (SSSR count). The summed E-state index contributed by atoms with van der Waals surface area (Å²) in [7, 11) is 4.17. The highest BCUT2D eigenvalue weighted by atomic mass is 16.5. The largest absolute Gasteiger partial charge is 0.381 e. The average molecular weight is 327 g/mol. The van der Waals surface area contributed by atoms with Crippen molar-refractivity contribution in [3.8, 4) is 0 Å². The molecule has 0 radical (unpaired) electrons. The van der Waals surface area contributed by atoms with Crippen LogP contribution in [0.2, 0.25) is 0 Å². The van der Waals surface area contributed by atoms with Crippen molar-refractivity contribution in [3.05, 3.63) is 0 Å². The Balaban J connectivity index is 1.50. The van der Waals surface area contributed by atoms with Gasteiger partial charge in [-0.05, 0) is 85.5 Å². The standard InChI is InChI=1S/C19H38N2O2/c1-16(2)23-13-7-5-6-10-21-11-8-17(9-12-21)20(3)18-14-19(15-18)22-4/h16-19H,5-15H2,1-4H3. The van der Waals surface area contributed by atoms with Crippen LogP contribution < -0.4 is 0 Å². The molecule has 4 nitrogen and oxygen atoms in total. The molecule has 2 aliphatic rings. The van der Waals surface area contributed by atoms with E-state index in [1.54, 1.807) is 0 Å². The fourth-order valence-electron chi connectivity index (χ4n) is 3.84. The van der Waals surface area contributed by atoms with Crippen LogP contribution >= 0.6 is 0 Å². The lowest BCUT2D eigenvalue weighted by molar-refractivity contribution is -0.0392. The van der Waals surface area contributed by atoms with Gasteiger partial charge in [0.2, 0.25) is 0 Å². The lowest BCUT2D eigenvalue weighted by atomic mass is 9.86. The number of likely N-dealkylation sites (tertiary alicyclic amines) is 1. The summed E-state index contributed by atoms with van der Waals surface area (Å²) in [5.41, 5.74) is 0. The van der Waals surface area contributed by atoms with Crippen molar-refractivity contribution in [2.24, 2.45) is 0 Å². The zero-order chi connectivity index (χ0) is 16.7. The minimum Gasteiger partial charge on any atom is -0.381 e. The summed E-state index contributed by atoms with van der Waals surface area (Å²) in [5.74, 6) is 0. The summed E-state index contributed by atoms with van der Waals surface area (Å²) in [4.78, 5) is 5.29. The van der Waals surface area contributed by atoms with E-state index in [1.165, 1.54) is 64.6 Å². The van der Waals surface area contributed by atoms with Crippen molar-refractivity contribution >= 4 is 0 Å². The Morgan fingerprint density at radius 1 is 1.04 bits per heavy atom. The first-order chi connectivity index (χ1) is 11.1. The molecule has 0 aromatic carbocycles. The zero-order valence-electron chi connectivity index (χ0n) is 15.8. The van der Waals surface area contributed by atoms with Gasteiger partial charge in [0.05, 0.1) is 12.2 Å². The molecule has 1 heterocycles. The Hall–Kier alpha value is -0.160. The Bertz CT molecular complexity index is 310. The molecule has 0 aromatic heterocycles. The van der Waals surface area contributed by atoms with E-state index in [1.807, 2.05) is 7.11 Å². The van der Waals surface area contributed by atoms with Crippen LogP contribution in [-0.4, -0.2) is 74.5 Å². The fourth-order valence-corrected chi connectivity index (χ4v) is 3.84. The summed E-state index contributed by atoms with van der Waals surface area (Å²) in [6, 6.07) is 1.55. The molecule has 0 spiro atoms. The van der Waals surface area contributed by atoms with Crippen molar-refractivity contribution < 1.29 is 9.47 Å². The van der Waals surface area contributed by atoms with Crippen LogP contribution in [0.5, 0.6) is 0 Å². The second kappa shape index (κ2) is 9.97. The summed E-state index contributed by atoms with van der Waals surface area (Å²) >= 11 is 0. The minimum absolute atomic E-state index is 0.376. The Morgan fingerprint density at radius 3 is 2.35 bits per heavy atom. The molecule has 0 N–H and O–H groups in total. The second-order valence-electron chi connectivity index (χ2n) is 7.70. The molecule has 136 valence electrons. The van der Waals surface area contributed by atoms with Crippen LogP contribution in [0.25, 0.3) is 0 Å². The number of nitrogens with zero attached hydrogens (tertiary/aromatic N) is 2. The lowest BCUT2D eigenvalue weighted by Gasteiger charge is -2.46. The lowest BCUT2D eigenvalue weighted by Crippen LogP contribution is -2.53. The molecule has 0 bridgehead atoms. The van der Waals surface area contributed by atoms with Crippen LogP contribution in [0.3, 0.4) is 0 Å². The molecular weight excluding hydrogens is 288 g/mol. The van der Waals surface area contributed by atoms with Gasteiger partial charge in [0.15, 0.2) is 0 Å². The average Bonchev–Trinajstić information content (AvgIpc) is 2.50. The van der Waals surface area contributed by atoms with Crippen LogP contribution in [0.1, 0.15) is 58.8 Å². The third-order valence-electron chi connectivity index (χ3n) is 5.68. The van der Waals surface area contributed by atoms with Crippen LogP contribution in [0.15, 0.2) is 0 Å². The molecule has 23 heavy (non-hydrogen) atoms. The maximum atomic E-state index is 5.60. The molecule has 0 atom stereocenters. The third-order valence-corrected chi connectivity index (χ3v) is 5.68. The predicted octanol–water partition coefficient (Wildman–Crippen LogP) is 3.16. The van der Waals surface area contributed by atoms with Gasteiger partial charge in [-0.3, -0.25) is 0 Å². The zero-order valence-corrected chi connectivity index (χ0v) is 15.8. The first-order valence-corrected chi connectivity index (χ1v) is 9.68. The van der Waals surface area contributed by atoms with Gasteiger partial charge < -0.3 is 19.3 Å². The summed E-state index contributed by atoms with van der Waals surface area (Å²) < 4.78 is 11.0. The molecule has 1 aliphatic heterocycles. The van der Waals surface area contributed by atoms with Crippen molar-refractivity contribution in [1.82, 2.24) is 9.80 Å². The number of methoxy groups -OCH3 is 1. The van der Waals surface area contributed by atoms with Crippen LogP contribution in [0.4, 0.5) is 0 Å². The molecule has 1 saturated heterocycles. The number of rotatable bonds is 10. The smallest absolute Gasteiger partial charge is 0.0601 e. The predicted molar refractivity (Wildman–Crippen MR) is 96.0 cm³/mol. The van der Waals surface area contributed by atoms with E-state index in [4.69, 9.17) is 9.47 Å². The maximum absolute atomic E-state index is 5.60. The molecule has 2 fully saturated rings.